The molecule has 6 heteroatoms. The summed E-state index contributed by atoms with van der Waals surface area (Å²) < 4.78 is 5.69. The molecule has 4 rings (SSSR count). The number of nitrogens with zero attached hydrogens (tertiary/aromatic N) is 5. The van der Waals surface area contributed by atoms with Crippen LogP contribution >= 0.6 is 0 Å². The molecule has 6 nitrogen and oxygen atoms in total. The average Bonchev–Trinajstić information content (AvgIpc) is 3.21. The van der Waals surface area contributed by atoms with Gasteiger partial charge in [0.25, 0.3) is 0 Å². The zero-order valence-electron chi connectivity index (χ0n) is 16.8. The quantitative estimate of drug-likeness (QED) is 0.712. The Morgan fingerprint density at radius 1 is 1.07 bits per heavy atom. The van der Waals surface area contributed by atoms with Crippen molar-refractivity contribution in [2.75, 3.05) is 13.1 Å². The van der Waals surface area contributed by atoms with Gasteiger partial charge in [-0.3, -0.25) is 14.0 Å². The number of aromatic nitrogens is 4. The maximum Gasteiger partial charge on any atom is 0.328 e. The maximum atomic E-state index is 12.3. The molecular weight excluding hydrogens is 338 g/mol. The first kappa shape index (κ1) is 18.0. The molecule has 1 saturated heterocycles. The van der Waals surface area contributed by atoms with Crippen LogP contribution in [0.15, 0.2) is 29.5 Å². The molecule has 0 saturated carbocycles. The van der Waals surface area contributed by atoms with E-state index in [0.717, 1.165) is 34.4 Å². The summed E-state index contributed by atoms with van der Waals surface area (Å²) in [4.78, 5) is 19.3. The van der Waals surface area contributed by atoms with Gasteiger partial charge in [-0.1, -0.05) is 6.42 Å². The fourth-order valence-corrected chi connectivity index (χ4v) is 4.38. The zero-order valence-corrected chi connectivity index (χ0v) is 16.8. The molecule has 0 amide bonds. The van der Waals surface area contributed by atoms with Crippen molar-refractivity contribution >= 4 is 11.0 Å². The molecule has 0 N–H and O–H groups in total. The number of fused-ring (bicyclic) bond motifs is 1. The highest BCUT2D eigenvalue weighted by Gasteiger charge is 2.19. The van der Waals surface area contributed by atoms with Crippen LogP contribution in [0, 0.1) is 6.92 Å². The standard InChI is InChI=1S/C21H29N5O/c1-15-10-18-19(24(4)21(27)23(18)3)11-17(15)20-12-22-14-26(20)13-16(2)25-8-6-5-7-9-25/h10-12,14,16H,5-9,13H2,1-4H3/t16-/m1/s1. The van der Waals surface area contributed by atoms with Gasteiger partial charge in [0.2, 0.25) is 0 Å². The van der Waals surface area contributed by atoms with Crippen LogP contribution in [0.3, 0.4) is 0 Å². The fourth-order valence-electron chi connectivity index (χ4n) is 4.38. The predicted molar refractivity (Wildman–Crippen MR) is 109 cm³/mol. The van der Waals surface area contributed by atoms with Gasteiger partial charge in [-0.15, -0.1) is 0 Å². The van der Waals surface area contributed by atoms with E-state index in [4.69, 9.17) is 0 Å². The summed E-state index contributed by atoms with van der Waals surface area (Å²) in [5.74, 6) is 0. The van der Waals surface area contributed by atoms with E-state index in [0.29, 0.717) is 6.04 Å². The van der Waals surface area contributed by atoms with Gasteiger partial charge in [-0.2, -0.15) is 0 Å². The Morgan fingerprint density at radius 2 is 1.74 bits per heavy atom. The van der Waals surface area contributed by atoms with Gasteiger partial charge < -0.3 is 4.57 Å². The number of likely N-dealkylation sites (tertiary alicyclic amines) is 1. The van der Waals surface area contributed by atoms with Crippen molar-refractivity contribution < 1.29 is 0 Å². The van der Waals surface area contributed by atoms with Gasteiger partial charge in [0.1, 0.15) is 0 Å². The van der Waals surface area contributed by atoms with Crippen LogP contribution in [-0.4, -0.2) is 42.7 Å². The zero-order chi connectivity index (χ0) is 19.1. The molecule has 0 unspecified atom stereocenters. The number of piperidine rings is 1. The summed E-state index contributed by atoms with van der Waals surface area (Å²) in [5, 5.41) is 0. The molecule has 27 heavy (non-hydrogen) atoms. The third-order valence-electron chi connectivity index (χ3n) is 6.08. The molecule has 1 aliphatic rings. The van der Waals surface area contributed by atoms with Crippen molar-refractivity contribution in [1.82, 2.24) is 23.6 Å². The Labute approximate surface area is 160 Å². The Bertz CT molecular complexity index is 1020. The third kappa shape index (κ3) is 3.12. The Hall–Kier alpha value is -2.34. The number of imidazole rings is 2. The summed E-state index contributed by atoms with van der Waals surface area (Å²) in [6, 6.07) is 4.73. The van der Waals surface area contributed by atoms with Crippen LogP contribution in [0.4, 0.5) is 0 Å². The molecule has 2 aromatic heterocycles. The van der Waals surface area contributed by atoms with E-state index in [9.17, 15) is 4.79 Å². The van der Waals surface area contributed by atoms with Gasteiger partial charge in [-0.05, 0) is 57.5 Å². The van der Waals surface area contributed by atoms with E-state index in [1.807, 2.05) is 26.6 Å². The molecule has 1 fully saturated rings. The minimum atomic E-state index is 0.00813. The summed E-state index contributed by atoms with van der Waals surface area (Å²) in [7, 11) is 3.66. The van der Waals surface area contributed by atoms with Crippen molar-refractivity contribution in [3.05, 3.63) is 40.7 Å². The lowest BCUT2D eigenvalue weighted by Crippen LogP contribution is -2.39. The van der Waals surface area contributed by atoms with Gasteiger partial charge in [0.15, 0.2) is 0 Å². The van der Waals surface area contributed by atoms with Crippen molar-refractivity contribution in [2.24, 2.45) is 14.1 Å². The number of hydrogen-bond donors (Lipinski definition) is 0. The molecule has 0 radical (unpaired) electrons. The molecule has 0 aliphatic carbocycles. The van der Waals surface area contributed by atoms with E-state index >= 15 is 0 Å². The van der Waals surface area contributed by atoms with Crippen LogP contribution in [0.5, 0.6) is 0 Å². The van der Waals surface area contributed by atoms with E-state index in [1.165, 1.54) is 32.4 Å². The fraction of sp³-hybridized carbons (Fsp3) is 0.524. The van der Waals surface area contributed by atoms with Crippen LogP contribution in [0.1, 0.15) is 31.7 Å². The SMILES string of the molecule is Cc1cc2c(cc1-c1cncn1C[C@@H](C)N1CCCCC1)n(C)c(=O)n2C. The lowest BCUT2D eigenvalue weighted by atomic mass is 10.0. The molecule has 0 bridgehead atoms. The second-order valence-electron chi connectivity index (χ2n) is 7.93. The molecule has 1 atom stereocenters. The monoisotopic (exact) mass is 367 g/mol. The van der Waals surface area contributed by atoms with E-state index < -0.39 is 0 Å². The maximum absolute atomic E-state index is 12.3. The Kier molecular flexibility index (Phi) is 4.68. The van der Waals surface area contributed by atoms with E-state index in [-0.39, 0.29) is 5.69 Å². The number of rotatable bonds is 4. The normalized spacial score (nSPS) is 16.9. The van der Waals surface area contributed by atoms with Crippen LogP contribution < -0.4 is 5.69 Å². The Morgan fingerprint density at radius 3 is 2.44 bits per heavy atom. The van der Waals surface area contributed by atoms with Gasteiger partial charge in [0.05, 0.1) is 29.3 Å². The predicted octanol–water partition coefficient (Wildman–Crippen LogP) is 2.92. The number of aryl methyl sites for hydroxylation is 3. The first-order valence-corrected chi connectivity index (χ1v) is 9.88. The minimum Gasteiger partial charge on any atom is -0.329 e. The molecule has 1 aliphatic heterocycles. The molecular formula is C21H29N5O. The summed E-state index contributed by atoms with van der Waals surface area (Å²) >= 11 is 0. The minimum absolute atomic E-state index is 0.00813. The van der Waals surface area contributed by atoms with Crippen molar-refractivity contribution in [1.29, 1.82) is 0 Å². The lowest BCUT2D eigenvalue weighted by Gasteiger charge is -2.32. The summed E-state index contributed by atoms with van der Waals surface area (Å²) in [5.41, 5.74) is 5.36. The van der Waals surface area contributed by atoms with Gasteiger partial charge >= 0.3 is 5.69 Å². The first-order chi connectivity index (χ1) is 13.0. The van der Waals surface area contributed by atoms with Gasteiger partial charge in [-0.25, -0.2) is 9.78 Å². The Balaban J connectivity index is 1.70. The van der Waals surface area contributed by atoms with Crippen molar-refractivity contribution in [2.45, 2.75) is 45.7 Å². The molecule has 0 spiro atoms. The summed E-state index contributed by atoms with van der Waals surface area (Å²) in [6.07, 6.45) is 7.84. The molecule has 3 heterocycles. The average molecular weight is 367 g/mol. The van der Waals surface area contributed by atoms with Crippen molar-refractivity contribution in [3.63, 3.8) is 0 Å². The topological polar surface area (TPSA) is 48.0 Å². The second kappa shape index (κ2) is 7.00. The molecule has 1 aromatic carbocycles. The summed E-state index contributed by atoms with van der Waals surface area (Å²) in [6.45, 7) is 7.74. The third-order valence-corrected chi connectivity index (χ3v) is 6.08. The lowest BCUT2D eigenvalue weighted by molar-refractivity contribution is 0.160. The van der Waals surface area contributed by atoms with Crippen LogP contribution in [0.2, 0.25) is 0 Å². The second-order valence-corrected chi connectivity index (χ2v) is 7.93. The highest BCUT2D eigenvalue weighted by Crippen LogP contribution is 2.28. The first-order valence-electron chi connectivity index (χ1n) is 9.88. The molecule has 3 aromatic rings. The van der Waals surface area contributed by atoms with Crippen molar-refractivity contribution in [3.8, 4) is 11.3 Å². The van der Waals surface area contributed by atoms with E-state index in [1.54, 1.807) is 9.13 Å². The van der Waals surface area contributed by atoms with Gasteiger partial charge in [0, 0.05) is 32.2 Å². The van der Waals surface area contributed by atoms with Crippen LogP contribution in [-0.2, 0) is 20.6 Å². The molecule has 144 valence electrons. The highest BCUT2D eigenvalue weighted by atomic mass is 16.1. The smallest absolute Gasteiger partial charge is 0.328 e. The largest absolute Gasteiger partial charge is 0.329 e. The highest BCUT2D eigenvalue weighted by molar-refractivity contribution is 5.84. The number of benzene rings is 1. The van der Waals surface area contributed by atoms with E-state index in [2.05, 4.69) is 40.4 Å². The number of hydrogen-bond acceptors (Lipinski definition) is 3. The van der Waals surface area contributed by atoms with Crippen LogP contribution in [0.25, 0.3) is 22.3 Å².